The number of hydrogen-bond acceptors (Lipinski definition) is 4. The lowest BCUT2D eigenvalue weighted by molar-refractivity contribution is -0.137. The molecule has 2 aliphatic rings. The molecule has 98 valence electrons. The van der Waals surface area contributed by atoms with Gasteiger partial charge in [0.05, 0.1) is 6.42 Å². The smallest absolute Gasteiger partial charge is 0.304 e. The molecule has 1 N–H and O–H groups in total. The summed E-state index contributed by atoms with van der Waals surface area (Å²) in [4.78, 5) is 15.4. The van der Waals surface area contributed by atoms with Gasteiger partial charge in [-0.25, -0.2) is 0 Å². The van der Waals surface area contributed by atoms with Gasteiger partial charge >= 0.3 is 5.97 Å². The Morgan fingerprint density at radius 2 is 2.06 bits per heavy atom. The van der Waals surface area contributed by atoms with Crippen molar-refractivity contribution in [1.82, 2.24) is 9.80 Å². The average Bonchev–Trinajstić information content (AvgIpc) is 2.38. The van der Waals surface area contributed by atoms with E-state index in [2.05, 4.69) is 21.6 Å². The molecule has 0 aliphatic carbocycles. The number of nitrogens with zero attached hydrogens (tertiary/aromatic N) is 2. The van der Waals surface area contributed by atoms with Crippen molar-refractivity contribution < 1.29 is 9.90 Å². The van der Waals surface area contributed by atoms with Crippen LogP contribution in [-0.2, 0) is 4.79 Å². The number of carbonyl (C=O) groups is 1. The largest absolute Gasteiger partial charge is 0.481 e. The first-order valence-corrected chi connectivity index (χ1v) is 7.67. The summed E-state index contributed by atoms with van der Waals surface area (Å²) < 4.78 is 0. The molecule has 2 fully saturated rings. The molecule has 0 radical (unpaired) electrons. The van der Waals surface area contributed by atoms with E-state index in [1.54, 1.807) is 0 Å². The Bertz CT molecular complexity index is 249. The van der Waals surface area contributed by atoms with Crippen LogP contribution in [0.25, 0.3) is 0 Å². The van der Waals surface area contributed by atoms with Crippen LogP contribution in [0.2, 0.25) is 0 Å². The first-order valence-electron chi connectivity index (χ1n) is 6.51. The van der Waals surface area contributed by atoms with Crippen LogP contribution in [0.3, 0.4) is 0 Å². The fraction of sp³-hybridized carbons (Fsp3) is 0.917. The van der Waals surface area contributed by atoms with E-state index in [0.29, 0.717) is 6.54 Å². The molecular formula is C12H22N2O2S. The van der Waals surface area contributed by atoms with E-state index >= 15 is 0 Å². The molecule has 0 aromatic rings. The summed E-state index contributed by atoms with van der Waals surface area (Å²) in [5, 5.41) is 8.66. The summed E-state index contributed by atoms with van der Waals surface area (Å²) in [5.74, 6) is 1.93. The lowest BCUT2D eigenvalue weighted by Crippen LogP contribution is -2.51. The van der Waals surface area contributed by atoms with E-state index in [1.165, 1.54) is 24.3 Å². The van der Waals surface area contributed by atoms with Gasteiger partial charge in [0.15, 0.2) is 0 Å². The van der Waals surface area contributed by atoms with Crippen molar-refractivity contribution in [2.75, 3.05) is 44.2 Å². The Hall–Kier alpha value is -0.260. The minimum atomic E-state index is -0.684. The topological polar surface area (TPSA) is 43.8 Å². The summed E-state index contributed by atoms with van der Waals surface area (Å²) in [6.07, 6.45) is 2.98. The Morgan fingerprint density at radius 3 is 2.65 bits per heavy atom. The molecule has 17 heavy (non-hydrogen) atoms. The fourth-order valence-corrected chi connectivity index (χ4v) is 3.80. The maximum Gasteiger partial charge on any atom is 0.304 e. The zero-order valence-electron chi connectivity index (χ0n) is 10.3. The van der Waals surface area contributed by atoms with Gasteiger partial charge in [0.2, 0.25) is 0 Å². The van der Waals surface area contributed by atoms with Gasteiger partial charge in [-0.2, -0.15) is 11.8 Å². The SMILES string of the molecule is O=C(O)CCN1CCN(C2CCCSC2)CC1. The molecule has 1 atom stereocenters. The van der Waals surface area contributed by atoms with Crippen LogP contribution in [0.15, 0.2) is 0 Å². The van der Waals surface area contributed by atoms with Crippen LogP contribution >= 0.6 is 11.8 Å². The molecular weight excluding hydrogens is 236 g/mol. The third-order valence-corrected chi connectivity index (χ3v) is 4.90. The van der Waals surface area contributed by atoms with Crippen molar-refractivity contribution in [3.8, 4) is 0 Å². The summed E-state index contributed by atoms with van der Waals surface area (Å²) in [7, 11) is 0. The van der Waals surface area contributed by atoms with Crippen LogP contribution in [0.4, 0.5) is 0 Å². The van der Waals surface area contributed by atoms with Gasteiger partial charge in [-0.3, -0.25) is 9.69 Å². The predicted octanol–water partition coefficient (Wildman–Crippen LogP) is 0.974. The van der Waals surface area contributed by atoms with E-state index in [4.69, 9.17) is 5.11 Å². The van der Waals surface area contributed by atoms with E-state index in [-0.39, 0.29) is 6.42 Å². The molecule has 0 aromatic carbocycles. The summed E-state index contributed by atoms with van der Waals surface area (Å²) >= 11 is 2.08. The summed E-state index contributed by atoms with van der Waals surface area (Å²) in [5.41, 5.74) is 0. The molecule has 0 amide bonds. The summed E-state index contributed by atoms with van der Waals surface area (Å²) in [6.45, 7) is 5.02. The van der Waals surface area contributed by atoms with Crippen molar-refractivity contribution >= 4 is 17.7 Å². The van der Waals surface area contributed by atoms with Crippen LogP contribution in [0.1, 0.15) is 19.3 Å². The molecule has 2 saturated heterocycles. The molecule has 1 unspecified atom stereocenters. The minimum Gasteiger partial charge on any atom is -0.481 e. The molecule has 0 bridgehead atoms. The van der Waals surface area contributed by atoms with Crippen molar-refractivity contribution in [2.45, 2.75) is 25.3 Å². The Labute approximate surface area is 107 Å². The Morgan fingerprint density at radius 1 is 1.29 bits per heavy atom. The lowest BCUT2D eigenvalue weighted by Gasteiger charge is -2.40. The van der Waals surface area contributed by atoms with Crippen LogP contribution in [0, 0.1) is 0 Å². The number of carboxylic acid groups (broad SMARTS) is 1. The Kier molecular flexibility index (Phi) is 5.13. The van der Waals surface area contributed by atoms with Gasteiger partial charge in [-0.05, 0) is 18.6 Å². The second-order valence-electron chi connectivity index (χ2n) is 4.89. The zero-order valence-corrected chi connectivity index (χ0v) is 11.1. The standard InChI is InChI=1S/C12H22N2O2S/c15-12(16)3-4-13-5-7-14(8-6-13)11-2-1-9-17-10-11/h11H,1-10H2,(H,15,16). The molecule has 4 nitrogen and oxygen atoms in total. The molecule has 0 saturated carbocycles. The normalized spacial score (nSPS) is 28.1. The number of hydrogen-bond donors (Lipinski definition) is 1. The molecule has 2 heterocycles. The van der Waals surface area contributed by atoms with Crippen molar-refractivity contribution in [1.29, 1.82) is 0 Å². The van der Waals surface area contributed by atoms with E-state index < -0.39 is 5.97 Å². The van der Waals surface area contributed by atoms with Gasteiger partial charge in [0, 0.05) is 44.5 Å². The average molecular weight is 258 g/mol. The zero-order chi connectivity index (χ0) is 12.1. The first-order chi connectivity index (χ1) is 8.25. The first kappa shape index (κ1) is 13.2. The van der Waals surface area contributed by atoms with Crippen molar-refractivity contribution in [3.63, 3.8) is 0 Å². The van der Waals surface area contributed by atoms with Gasteiger partial charge in [0.1, 0.15) is 0 Å². The second kappa shape index (κ2) is 6.61. The third kappa shape index (κ3) is 4.16. The third-order valence-electron chi connectivity index (χ3n) is 3.70. The fourth-order valence-electron chi connectivity index (χ4n) is 2.62. The molecule has 5 heteroatoms. The van der Waals surface area contributed by atoms with Crippen molar-refractivity contribution in [2.24, 2.45) is 0 Å². The monoisotopic (exact) mass is 258 g/mol. The maximum absolute atomic E-state index is 10.5. The number of carboxylic acids is 1. The van der Waals surface area contributed by atoms with E-state index in [9.17, 15) is 4.79 Å². The highest BCUT2D eigenvalue weighted by molar-refractivity contribution is 7.99. The van der Waals surface area contributed by atoms with Gasteiger partial charge < -0.3 is 10.0 Å². The number of aliphatic carboxylic acids is 1. The maximum atomic E-state index is 10.5. The Balaban J connectivity index is 1.68. The number of rotatable bonds is 4. The molecule has 2 rings (SSSR count). The van der Waals surface area contributed by atoms with Gasteiger partial charge in [0.25, 0.3) is 0 Å². The molecule has 0 spiro atoms. The van der Waals surface area contributed by atoms with Crippen LogP contribution in [-0.4, -0.2) is 71.1 Å². The summed E-state index contributed by atoms with van der Waals surface area (Å²) in [6, 6.07) is 0.773. The van der Waals surface area contributed by atoms with Gasteiger partial charge in [-0.1, -0.05) is 0 Å². The van der Waals surface area contributed by atoms with E-state index in [1.807, 2.05) is 0 Å². The quantitative estimate of drug-likeness (QED) is 0.814. The van der Waals surface area contributed by atoms with Crippen LogP contribution < -0.4 is 0 Å². The highest BCUT2D eigenvalue weighted by Gasteiger charge is 2.25. The highest BCUT2D eigenvalue weighted by Crippen LogP contribution is 2.22. The minimum absolute atomic E-state index is 0.277. The molecule has 0 aromatic heterocycles. The second-order valence-corrected chi connectivity index (χ2v) is 6.04. The lowest BCUT2D eigenvalue weighted by atomic mass is 10.1. The van der Waals surface area contributed by atoms with Gasteiger partial charge in [-0.15, -0.1) is 0 Å². The highest BCUT2D eigenvalue weighted by atomic mass is 32.2. The number of piperazine rings is 1. The van der Waals surface area contributed by atoms with Crippen molar-refractivity contribution in [3.05, 3.63) is 0 Å². The number of thioether (sulfide) groups is 1. The molecule has 2 aliphatic heterocycles. The van der Waals surface area contributed by atoms with Crippen LogP contribution in [0.5, 0.6) is 0 Å². The van der Waals surface area contributed by atoms with E-state index in [0.717, 1.165) is 32.2 Å². The predicted molar refractivity (Wildman–Crippen MR) is 70.6 cm³/mol.